The number of unbranched alkanes of at least 4 members (excludes halogenated alkanes) is 5. The minimum Gasteiger partial charge on any atom is -0.271 e. The van der Waals surface area contributed by atoms with Crippen molar-refractivity contribution in [3.8, 4) is 11.1 Å². The van der Waals surface area contributed by atoms with Crippen LogP contribution in [-0.2, 0) is 0 Å². The molecule has 0 radical (unpaired) electrons. The van der Waals surface area contributed by atoms with Gasteiger partial charge in [0.05, 0.1) is 0 Å². The van der Waals surface area contributed by atoms with Gasteiger partial charge in [0.25, 0.3) is 0 Å². The molecule has 2 heteroatoms. The molecule has 0 atom stereocenters. The van der Waals surface area contributed by atoms with Crippen LogP contribution in [0.3, 0.4) is 0 Å². The Hall–Kier alpha value is -1.83. The van der Waals surface area contributed by atoms with E-state index in [0.29, 0.717) is 0 Å². The smallest absolute Gasteiger partial charge is 0.223 e. The Bertz CT molecular complexity index is 493. The molecule has 21 heavy (non-hydrogen) atoms. The van der Waals surface area contributed by atoms with Crippen molar-refractivity contribution in [1.82, 2.24) is 0 Å². The van der Waals surface area contributed by atoms with Crippen LogP contribution >= 0.6 is 0 Å². The maximum Gasteiger partial charge on any atom is 0.223 e. The molecular formula is C19H26NO+. The van der Waals surface area contributed by atoms with Crippen LogP contribution in [0.5, 0.6) is 0 Å². The number of hydrogen-bond donors (Lipinski definition) is 0. The second-order valence-corrected chi connectivity index (χ2v) is 5.41. The van der Waals surface area contributed by atoms with Crippen molar-refractivity contribution in [3.05, 3.63) is 54.9 Å². The summed E-state index contributed by atoms with van der Waals surface area (Å²) in [5, 5.41) is 0. The minimum absolute atomic E-state index is 0.793. The summed E-state index contributed by atoms with van der Waals surface area (Å²) in [5.41, 5.74) is 2.45. The van der Waals surface area contributed by atoms with Crippen LogP contribution in [0.4, 0.5) is 0 Å². The fourth-order valence-electron chi connectivity index (χ4n) is 2.37. The van der Waals surface area contributed by atoms with Gasteiger partial charge < -0.3 is 0 Å². The lowest BCUT2D eigenvalue weighted by molar-refractivity contribution is -0.891. The normalized spacial score (nSPS) is 10.5. The zero-order chi connectivity index (χ0) is 14.8. The fraction of sp³-hybridized carbons (Fsp3) is 0.421. The summed E-state index contributed by atoms with van der Waals surface area (Å²) in [7, 11) is 0. The van der Waals surface area contributed by atoms with E-state index in [1.807, 2.05) is 18.5 Å². The Labute approximate surface area is 128 Å². The number of benzene rings is 1. The van der Waals surface area contributed by atoms with E-state index in [-0.39, 0.29) is 0 Å². The van der Waals surface area contributed by atoms with Gasteiger partial charge in [-0.1, -0.05) is 62.9 Å². The Morgan fingerprint density at radius 2 is 1.38 bits per heavy atom. The molecule has 0 saturated heterocycles. The number of hydrogen-bond acceptors (Lipinski definition) is 1. The van der Waals surface area contributed by atoms with Crippen molar-refractivity contribution >= 4 is 0 Å². The highest BCUT2D eigenvalue weighted by Gasteiger charge is 2.03. The van der Waals surface area contributed by atoms with Crippen molar-refractivity contribution in [1.29, 1.82) is 0 Å². The quantitative estimate of drug-likeness (QED) is 0.490. The molecule has 0 fully saturated rings. The lowest BCUT2D eigenvalue weighted by Crippen LogP contribution is -2.42. The van der Waals surface area contributed by atoms with E-state index >= 15 is 0 Å². The Kier molecular flexibility index (Phi) is 6.79. The van der Waals surface area contributed by atoms with E-state index in [1.165, 1.54) is 43.2 Å². The number of rotatable bonds is 9. The monoisotopic (exact) mass is 284 g/mol. The Morgan fingerprint density at radius 3 is 2.10 bits per heavy atom. The van der Waals surface area contributed by atoms with Gasteiger partial charge in [-0.15, -0.1) is 0 Å². The first kappa shape index (κ1) is 15.6. The van der Waals surface area contributed by atoms with E-state index in [9.17, 15) is 0 Å². The largest absolute Gasteiger partial charge is 0.271 e. The molecule has 1 aromatic carbocycles. The molecule has 0 bridgehead atoms. The molecular weight excluding hydrogens is 258 g/mol. The summed E-state index contributed by atoms with van der Waals surface area (Å²) in [6, 6.07) is 14.6. The van der Waals surface area contributed by atoms with Crippen molar-refractivity contribution < 1.29 is 9.57 Å². The molecule has 0 N–H and O–H groups in total. The fourth-order valence-corrected chi connectivity index (χ4v) is 2.37. The second-order valence-electron chi connectivity index (χ2n) is 5.41. The average Bonchev–Trinajstić information content (AvgIpc) is 2.55. The van der Waals surface area contributed by atoms with E-state index in [2.05, 4.69) is 43.3 Å². The van der Waals surface area contributed by atoms with Crippen molar-refractivity contribution in [2.24, 2.45) is 0 Å². The third-order valence-electron chi connectivity index (χ3n) is 3.65. The van der Waals surface area contributed by atoms with Gasteiger partial charge in [-0.2, -0.15) is 0 Å². The van der Waals surface area contributed by atoms with E-state index < -0.39 is 0 Å². The molecule has 0 spiro atoms. The maximum absolute atomic E-state index is 5.72. The number of nitrogens with zero attached hydrogens (tertiary/aromatic N) is 1. The Balaban J connectivity index is 1.71. The van der Waals surface area contributed by atoms with Crippen molar-refractivity contribution in [2.75, 3.05) is 6.61 Å². The van der Waals surface area contributed by atoms with E-state index in [0.717, 1.165) is 13.0 Å². The molecule has 0 saturated carbocycles. The topological polar surface area (TPSA) is 13.1 Å². The predicted molar refractivity (Wildman–Crippen MR) is 86.9 cm³/mol. The SMILES string of the molecule is CCCCCCCCO[n+]1ccc(-c2ccccc2)cc1. The molecule has 1 aromatic heterocycles. The third kappa shape index (κ3) is 5.58. The van der Waals surface area contributed by atoms with E-state index in [1.54, 1.807) is 4.73 Å². The lowest BCUT2D eigenvalue weighted by Gasteiger charge is -2.01. The molecule has 1 heterocycles. The van der Waals surface area contributed by atoms with Crippen LogP contribution < -0.4 is 9.57 Å². The lowest BCUT2D eigenvalue weighted by atomic mass is 10.1. The van der Waals surface area contributed by atoms with Crippen LogP contribution in [0.1, 0.15) is 45.4 Å². The molecule has 2 nitrogen and oxygen atoms in total. The van der Waals surface area contributed by atoms with Gasteiger partial charge in [0, 0.05) is 16.9 Å². The molecule has 2 rings (SSSR count). The van der Waals surface area contributed by atoms with Crippen LogP contribution in [0.25, 0.3) is 11.1 Å². The highest BCUT2D eigenvalue weighted by Crippen LogP contribution is 2.16. The minimum atomic E-state index is 0.793. The summed E-state index contributed by atoms with van der Waals surface area (Å²) in [4.78, 5) is 5.72. The standard InChI is InChI=1S/C19H26NO/c1-2-3-4-5-6-10-17-21-20-15-13-19(14-16-20)18-11-8-7-9-12-18/h7-9,11-16H,2-6,10,17H2,1H3/q+1. The summed E-state index contributed by atoms with van der Waals surface area (Å²) in [6.45, 7) is 3.04. The first-order valence-corrected chi connectivity index (χ1v) is 8.10. The van der Waals surface area contributed by atoms with Gasteiger partial charge >= 0.3 is 0 Å². The first-order chi connectivity index (χ1) is 10.4. The maximum atomic E-state index is 5.72. The van der Waals surface area contributed by atoms with Crippen LogP contribution in [0, 0.1) is 0 Å². The van der Waals surface area contributed by atoms with Gasteiger partial charge in [-0.25, -0.2) is 0 Å². The van der Waals surface area contributed by atoms with Gasteiger partial charge in [0.15, 0.2) is 6.61 Å². The van der Waals surface area contributed by atoms with Gasteiger partial charge in [-0.3, -0.25) is 4.84 Å². The molecule has 0 aliphatic carbocycles. The zero-order valence-corrected chi connectivity index (χ0v) is 13.0. The number of aromatic nitrogens is 1. The predicted octanol–water partition coefficient (Wildman–Crippen LogP) is 4.43. The van der Waals surface area contributed by atoms with Crippen molar-refractivity contribution in [3.63, 3.8) is 0 Å². The van der Waals surface area contributed by atoms with Crippen molar-refractivity contribution in [2.45, 2.75) is 45.4 Å². The highest BCUT2D eigenvalue weighted by molar-refractivity contribution is 5.61. The molecule has 0 unspecified atom stereocenters. The second kappa shape index (κ2) is 9.17. The van der Waals surface area contributed by atoms with Crippen LogP contribution in [0.2, 0.25) is 0 Å². The number of pyridine rings is 1. The summed E-state index contributed by atoms with van der Waals surface area (Å²) < 4.78 is 1.80. The molecule has 2 aromatic rings. The van der Waals surface area contributed by atoms with Gasteiger partial charge in [0.2, 0.25) is 12.4 Å². The van der Waals surface area contributed by atoms with Gasteiger partial charge in [-0.05, 0) is 24.0 Å². The Morgan fingerprint density at radius 1 is 0.762 bits per heavy atom. The summed E-state index contributed by atoms with van der Waals surface area (Å²) >= 11 is 0. The molecule has 112 valence electrons. The van der Waals surface area contributed by atoms with Gasteiger partial charge in [0.1, 0.15) is 0 Å². The molecule has 0 aliphatic heterocycles. The summed E-state index contributed by atoms with van der Waals surface area (Å²) in [5.74, 6) is 0. The highest BCUT2D eigenvalue weighted by atomic mass is 16.7. The zero-order valence-electron chi connectivity index (χ0n) is 13.0. The molecule has 0 amide bonds. The average molecular weight is 284 g/mol. The first-order valence-electron chi connectivity index (χ1n) is 8.10. The van der Waals surface area contributed by atoms with Crippen LogP contribution in [0.15, 0.2) is 54.9 Å². The third-order valence-corrected chi connectivity index (χ3v) is 3.65. The van der Waals surface area contributed by atoms with Crippen LogP contribution in [-0.4, -0.2) is 6.61 Å². The summed E-state index contributed by atoms with van der Waals surface area (Å²) in [6.07, 6.45) is 11.7. The molecule has 0 aliphatic rings. The van der Waals surface area contributed by atoms with E-state index in [4.69, 9.17) is 4.84 Å².